The molecule has 0 spiro atoms. The first-order valence-electron chi connectivity index (χ1n) is 11.9. The summed E-state index contributed by atoms with van der Waals surface area (Å²) in [5.74, 6) is 0.698. The summed E-state index contributed by atoms with van der Waals surface area (Å²) in [6.45, 7) is 1.21. The Hall–Kier alpha value is -3.63. The first-order valence-corrected chi connectivity index (χ1v) is 14.2. The van der Waals surface area contributed by atoms with Crippen LogP contribution >= 0.6 is 11.3 Å². The standard InChI is InChI=1S/C25H23F3N6O2S2/c26-25(27,28)38(35,36)20-5-3-4-18(16-20)31-17-10-14-33(15-11-17)23-30-13-9-19(8-12-29)34(23)24-32-21-6-1-2-7-22(21)37-24/h1-7,9,13,16-17,19,31H,8,10-11,14-15H2. The van der Waals surface area contributed by atoms with Crippen LogP contribution in [-0.4, -0.2) is 54.9 Å². The van der Waals surface area contributed by atoms with Crippen molar-refractivity contribution < 1.29 is 21.6 Å². The predicted octanol–water partition coefficient (Wildman–Crippen LogP) is 5.14. The lowest BCUT2D eigenvalue weighted by Gasteiger charge is -2.41. The molecule has 38 heavy (non-hydrogen) atoms. The molecule has 0 radical (unpaired) electrons. The van der Waals surface area contributed by atoms with E-state index in [9.17, 15) is 26.9 Å². The summed E-state index contributed by atoms with van der Waals surface area (Å²) < 4.78 is 63.5. The van der Waals surface area contributed by atoms with E-state index in [0.717, 1.165) is 27.5 Å². The molecule has 0 amide bonds. The van der Waals surface area contributed by atoms with Crippen molar-refractivity contribution >= 4 is 48.2 Å². The van der Waals surface area contributed by atoms with E-state index in [4.69, 9.17) is 4.98 Å². The molecule has 1 saturated heterocycles. The number of rotatable bonds is 5. The molecule has 1 aromatic heterocycles. The molecule has 2 aliphatic rings. The van der Waals surface area contributed by atoms with Gasteiger partial charge in [0.1, 0.15) is 0 Å². The number of nitriles is 1. The van der Waals surface area contributed by atoms with Crippen molar-refractivity contribution in [3.8, 4) is 6.07 Å². The van der Waals surface area contributed by atoms with Crippen molar-refractivity contribution in [3.63, 3.8) is 0 Å². The fraction of sp³-hybridized carbons (Fsp3) is 0.320. The number of likely N-dealkylation sites (tertiary alicyclic amines) is 1. The predicted molar refractivity (Wildman–Crippen MR) is 141 cm³/mol. The molecule has 2 aliphatic heterocycles. The number of nitrogens with one attached hydrogen (secondary N) is 1. The van der Waals surface area contributed by atoms with Gasteiger partial charge < -0.3 is 10.2 Å². The lowest BCUT2D eigenvalue weighted by Crippen LogP contribution is -2.53. The highest BCUT2D eigenvalue weighted by Crippen LogP contribution is 2.34. The maximum Gasteiger partial charge on any atom is 0.501 e. The molecule has 0 saturated carbocycles. The van der Waals surface area contributed by atoms with Crippen LogP contribution < -0.4 is 10.2 Å². The van der Waals surface area contributed by atoms with Gasteiger partial charge in [-0.1, -0.05) is 29.5 Å². The maximum absolute atomic E-state index is 13.0. The molecule has 1 fully saturated rings. The van der Waals surface area contributed by atoms with Gasteiger partial charge in [0.05, 0.1) is 33.6 Å². The van der Waals surface area contributed by atoms with E-state index < -0.39 is 20.2 Å². The molecule has 13 heteroatoms. The Labute approximate surface area is 221 Å². The lowest BCUT2D eigenvalue weighted by atomic mass is 10.0. The SMILES string of the molecule is N#CCC1C=CN=C(N2CCC(Nc3cccc(S(=O)(=O)C(F)(F)F)c3)CC2)N1c1nc2ccccc2s1. The number of nitrogens with zero attached hydrogens (tertiary/aromatic N) is 5. The molecule has 5 rings (SSSR count). The fourth-order valence-corrected chi connectivity index (χ4v) is 6.36. The van der Waals surface area contributed by atoms with Crippen LogP contribution in [0, 0.1) is 11.3 Å². The number of aromatic nitrogens is 1. The van der Waals surface area contributed by atoms with Crippen molar-refractivity contribution in [2.75, 3.05) is 23.3 Å². The van der Waals surface area contributed by atoms with Crippen LogP contribution in [0.15, 0.2) is 70.7 Å². The number of sulfone groups is 1. The largest absolute Gasteiger partial charge is 0.501 e. The van der Waals surface area contributed by atoms with Crippen LogP contribution in [0.1, 0.15) is 19.3 Å². The number of hydrogen-bond donors (Lipinski definition) is 1. The van der Waals surface area contributed by atoms with Gasteiger partial charge in [-0.15, -0.1) is 0 Å². The highest BCUT2D eigenvalue weighted by atomic mass is 32.2. The van der Waals surface area contributed by atoms with Crippen molar-refractivity contribution in [2.24, 2.45) is 4.99 Å². The van der Waals surface area contributed by atoms with E-state index in [0.29, 0.717) is 37.6 Å². The summed E-state index contributed by atoms with van der Waals surface area (Å²) in [6, 6.07) is 14.6. The van der Waals surface area contributed by atoms with E-state index in [1.807, 2.05) is 35.2 Å². The zero-order chi connectivity index (χ0) is 26.9. The second-order valence-electron chi connectivity index (χ2n) is 8.92. The minimum atomic E-state index is -5.42. The Balaban J connectivity index is 1.31. The molecule has 1 unspecified atom stereocenters. The van der Waals surface area contributed by atoms with Gasteiger partial charge in [0.25, 0.3) is 9.84 Å². The topological polar surface area (TPSA) is 102 Å². The molecule has 8 nitrogen and oxygen atoms in total. The van der Waals surface area contributed by atoms with Gasteiger partial charge in [0.2, 0.25) is 5.96 Å². The molecule has 2 aromatic carbocycles. The third-order valence-corrected chi connectivity index (χ3v) is 8.95. The Kier molecular flexibility index (Phi) is 7.02. The van der Waals surface area contributed by atoms with Gasteiger partial charge in [-0.05, 0) is 49.2 Å². The average Bonchev–Trinajstić information content (AvgIpc) is 3.33. The molecule has 3 heterocycles. The quantitative estimate of drug-likeness (QED) is 0.461. The first kappa shape index (κ1) is 26.0. The number of halogens is 3. The van der Waals surface area contributed by atoms with Gasteiger partial charge in [0, 0.05) is 31.0 Å². The Morgan fingerprint density at radius 1 is 1.13 bits per heavy atom. The first-order chi connectivity index (χ1) is 18.2. The van der Waals surface area contributed by atoms with Crippen LogP contribution in [0.5, 0.6) is 0 Å². The second-order valence-corrected chi connectivity index (χ2v) is 11.9. The van der Waals surface area contributed by atoms with Crippen LogP contribution in [0.2, 0.25) is 0 Å². The summed E-state index contributed by atoms with van der Waals surface area (Å²) in [5.41, 5.74) is -4.17. The average molecular weight is 561 g/mol. The van der Waals surface area contributed by atoms with Gasteiger partial charge in [-0.25, -0.2) is 18.4 Å². The van der Waals surface area contributed by atoms with E-state index in [2.05, 4.69) is 21.3 Å². The van der Waals surface area contributed by atoms with Crippen LogP contribution in [-0.2, 0) is 9.84 Å². The zero-order valence-electron chi connectivity index (χ0n) is 20.0. The number of anilines is 2. The van der Waals surface area contributed by atoms with Crippen molar-refractivity contribution in [3.05, 3.63) is 60.8 Å². The van der Waals surface area contributed by atoms with Gasteiger partial charge in [0.15, 0.2) is 5.13 Å². The van der Waals surface area contributed by atoms with Gasteiger partial charge in [-0.2, -0.15) is 18.4 Å². The third kappa shape index (κ3) is 5.06. The van der Waals surface area contributed by atoms with Gasteiger partial charge >= 0.3 is 5.51 Å². The number of para-hydroxylation sites is 1. The zero-order valence-corrected chi connectivity index (χ0v) is 21.6. The third-order valence-electron chi connectivity index (χ3n) is 6.43. The minimum absolute atomic E-state index is 0.0689. The highest BCUT2D eigenvalue weighted by Gasteiger charge is 2.47. The molecule has 0 aliphatic carbocycles. The number of guanidine groups is 1. The monoisotopic (exact) mass is 560 g/mol. The summed E-state index contributed by atoms with van der Waals surface area (Å²) in [6.07, 6.45) is 5.15. The molecule has 198 valence electrons. The number of benzene rings is 2. The van der Waals surface area contributed by atoms with Crippen LogP contribution in [0.25, 0.3) is 10.2 Å². The number of thiazole rings is 1. The molecular formula is C25H23F3N6O2S2. The number of hydrogen-bond acceptors (Lipinski definition) is 9. The van der Waals surface area contributed by atoms with E-state index in [1.165, 1.54) is 17.4 Å². The molecule has 1 atom stereocenters. The summed E-state index contributed by atoms with van der Waals surface area (Å²) in [5, 5.41) is 13.3. The van der Waals surface area contributed by atoms with E-state index in [1.54, 1.807) is 12.3 Å². The highest BCUT2D eigenvalue weighted by molar-refractivity contribution is 7.92. The Morgan fingerprint density at radius 2 is 1.89 bits per heavy atom. The molecule has 3 aromatic rings. The summed E-state index contributed by atoms with van der Waals surface area (Å²) in [4.78, 5) is 12.7. The maximum atomic E-state index is 13.0. The fourth-order valence-electron chi connectivity index (χ4n) is 4.53. The normalized spacial score (nSPS) is 18.9. The minimum Gasteiger partial charge on any atom is -0.382 e. The molecule has 1 N–H and O–H groups in total. The molecular weight excluding hydrogens is 537 g/mol. The second kappa shape index (κ2) is 10.3. The van der Waals surface area contributed by atoms with Crippen molar-refractivity contribution in [2.45, 2.75) is 41.7 Å². The summed E-state index contributed by atoms with van der Waals surface area (Å²) in [7, 11) is -5.42. The number of alkyl halides is 3. The van der Waals surface area contributed by atoms with Crippen molar-refractivity contribution in [1.82, 2.24) is 9.88 Å². The Bertz CT molecular complexity index is 1500. The lowest BCUT2D eigenvalue weighted by molar-refractivity contribution is -0.0435. The number of fused-ring (bicyclic) bond motifs is 1. The Morgan fingerprint density at radius 3 is 2.61 bits per heavy atom. The number of piperidine rings is 1. The van der Waals surface area contributed by atoms with E-state index in [-0.39, 0.29) is 18.5 Å². The van der Waals surface area contributed by atoms with Crippen LogP contribution in [0.4, 0.5) is 24.0 Å². The smallest absolute Gasteiger partial charge is 0.382 e. The van der Waals surface area contributed by atoms with Gasteiger partial charge in [-0.3, -0.25) is 4.90 Å². The van der Waals surface area contributed by atoms with E-state index >= 15 is 0 Å². The van der Waals surface area contributed by atoms with Crippen LogP contribution in [0.3, 0.4) is 0 Å². The summed E-state index contributed by atoms with van der Waals surface area (Å²) >= 11 is 1.53. The van der Waals surface area contributed by atoms with Crippen molar-refractivity contribution in [1.29, 1.82) is 5.26 Å². The number of aliphatic imine (C=N–C) groups is 1. The molecule has 0 bridgehead atoms.